The van der Waals surface area contributed by atoms with Crippen molar-refractivity contribution in [3.8, 4) is 0 Å². The molecule has 1 atom stereocenters. The number of hydrogen-bond acceptors (Lipinski definition) is 2. The molecule has 0 saturated heterocycles. The zero-order valence-corrected chi connectivity index (χ0v) is 7.35. The largest absolute Gasteiger partial charge is 0.393 e. The molecule has 0 aromatic carbocycles. The van der Waals surface area contributed by atoms with Gasteiger partial charge in [0.25, 0.3) is 0 Å². The number of aliphatic hydroxyl groups is 1. The zero-order chi connectivity index (χ0) is 8.20. The van der Waals surface area contributed by atoms with Crippen LogP contribution in [0.25, 0.3) is 0 Å². The van der Waals surface area contributed by atoms with Crippen LogP contribution in [0.5, 0.6) is 0 Å². The summed E-state index contributed by atoms with van der Waals surface area (Å²) in [6, 6.07) is 0. The van der Waals surface area contributed by atoms with Crippen molar-refractivity contribution >= 4 is 0 Å². The second-order valence-electron chi connectivity index (χ2n) is 3.25. The fraction of sp³-hybridized carbons (Fsp3) is 1.00. The van der Waals surface area contributed by atoms with E-state index < -0.39 is 0 Å². The molecule has 1 unspecified atom stereocenters. The molecule has 0 aliphatic rings. The molecular formula is C8H18O2. The third kappa shape index (κ3) is 3.85. The van der Waals surface area contributed by atoms with Crippen LogP contribution in [0, 0.1) is 0 Å². The lowest BCUT2D eigenvalue weighted by Crippen LogP contribution is -2.32. The Morgan fingerprint density at radius 2 is 2.00 bits per heavy atom. The summed E-state index contributed by atoms with van der Waals surface area (Å²) in [6.45, 7) is 7.94. The minimum Gasteiger partial charge on any atom is -0.393 e. The second-order valence-corrected chi connectivity index (χ2v) is 3.25. The maximum Gasteiger partial charge on any atom is 0.0859 e. The van der Waals surface area contributed by atoms with Crippen LogP contribution in [-0.2, 0) is 4.74 Å². The van der Waals surface area contributed by atoms with Crippen molar-refractivity contribution in [3.05, 3.63) is 0 Å². The van der Waals surface area contributed by atoms with Gasteiger partial charge in [0.05, 0.1) is 18.3 Å². The van der Waals surface area contributed by atoms with Crippen LogP contribution in [0.15, 0.2) is 0 Å². The van der Waals surface area contributed by atoms with Gasteiger partial charge in [-0.3, -0.25) is 0 Å². The molecule has 1 N–H and O–H groups in total. The summed E-state index contributed by atoms with van der Waals surface area (Å²) in [5.74, 6) is 0. The molecule has 10 heavy (non-hydrogen) atoms. The molecule has 0 rings (SSSR count). The number of rotatable bonds is 4. The Morgan fingerprint density at radius 1 is 1.50 bits per heavy atom. The van der Waals surface area contributed by atoms with Gasteiger partial charge in [0.15, 0.2) is 0 Å². The van der Waals surface area contributed by atoms with Crippen molar-refractivity contribution in [1.29, 1.82) is 0 Å². The topological polar surface area (TPSA) is 29.5 Å². The van der Waals surface area contributed by atoms with Crippen molar-refractivity contribution in [2.45, 2.75) is 45.8 Å². The van der Waals surface area contributed by atoms with Gasteiger partial charge in [-0.1, -0.05) is 6.92 Å². The zero-order valence-electron chi connectivity index (χ0n) is 7.35. The highest BCUT2D eigenvalue weighted by atomic mass is 16.5. The Hall–Kier alpha value is -0.0800. The van der Waals surface area contributed by atoms with Crippen LogP contribution in [0.4, 0.5) is 0 Å². The Labute approximate surface area is 63.2 Å². The molecule has 2 heteroatoms. The number of hydrogen-bond donors (Lipinski definition) is 1. The van der Waals surface area contributed by atoms with Crippen LogP contribution in [0.3, 0.4) is 0 Å². The van der Waals surface area contributed by atoms with Crippen molar-refractivity contribution in [2.75, 3.05) is 6.61 Å². The summed E-state index contributed by atoms with van der Waals surface area (Å²) in [5, 5.41) is 8.81. The van der Waals surface area contributed by atoms with Crippen LogP contribution >= 0.6 is 0 Å². The van der Waals surface area contributed by atoms with E-state index in [-0.39, 0.29) is 18.3 Å². The summed E-state index contributed by atoms with van der Waals surface area (Å²) in [4.78, 5) is 0. The summed E-state index contributed by atoms with van der Waals surface area (Å²) in [6.07, 6.45) is 1.23. The van der Waals surface area contributed by atoms with E-state index in [0.717, 1.165) is 6.42 Å². The average Bonchev–Trinajstić information content (AvgIpc) is 1.87. The average molecular weight is 146 g/mol. The maximum atomic E-state index is 8.81. The molecule has 0 aliphatic heterocycles. The van der Waals surface area contributed by atoms with Gasteiger partial charge >= 0.3 is 0 Å². The minimum atomic E-state index is -0.380. The van der Waals surface area contributed by atoms with Crippen LogP contribution in [0.1, 0.15) is 34.1 Å². The van der Waals surface area contributed by atoms with Gasteiger partial charge in [-0.2, -0.15) is 0 Å². The lowest BCUT2D eigenvalue weighted by Gasteiger charge is -2.26. The van der Waals surface area contributed by atoms with E-state index in [4.69, 9.17) is 9.84 Å². The van der Waals surface area contributed by atoms with Crippen LogP contribution < -0.4 is 0 Å². The quantitative estimate of drug-likeness (QED) is 0.652. The maximum absolute atomic E-state index is 8.81. The minimum absolute atomic E-state index is 0.0807. The van der Waals surface area contributed by atoms with Gasteiger partial charge in [-0.15, -0.1) is 0 Å². The molecule has 0 bridgehead atoms. The van der Waals surface area contributed by atoms with Crippen molar-refractivity contribution in [3.63, 3.8) is 0 Å². The SMILES string of the molecule is CCC(C)OC(C)(C)CO. The Morgan fingerprint density at radius 3 is 2.30 bits per heavy atom. The summed E-state index contributed by atoms with van der Waals surface area (Å²) in [5.41, 5.74) is -0.380. The van der Waals surface area contributed by atoms with Gasteiger partial charge in [0.1, 0.15) is 0 Å². The normalized spacial score (nSPS) is 15.3. The van der Waals surface area contributed by atoms with Gasteiger partial charge in [-0.05, 0) is 27.2 Å². The van der Waals surface area contributed by atoms with E-state index in [1.54, 1.807) is 0 Å². The molecule has 0 spiro atoms. The molecule has 2 nitrogen and oxygen atoms in total. The van der Waals surface area contributed by atoms with E-state index in [1.807, 2.05) is 20.8 Å². The summed E-state index contributed by atoms with van der Waals surface area (Å²) < 4.78 is 5.49. The summed E-state index contributed by atoms with van der Waals surface area (Å²) in [7, 11) is 0. The molecule has 62 valence electrons. The first-order chi connectivity index (χ1) is 4.52. The van der Waals surface area contributed by atoms with Gasteiger partial charge in [0, 0.05) is 0 Å². The third-order valence-corrected chi connectivity index (χ3v) is 1.48. The van der Waals surface area contributed by atoms with Crippen molar-refractivity contribution in [2.24, 2.45) is 0 Å². The van der Waals surface area contributed by atoms with Crippen molar-refractivity contribution in [1.82, 2.24) is 0 Å². The predicted octanol–water partition coefficient (Wildman–Crippen LogP) is 1.57. The monoisotopic (exact) mass is 146 g/mol. The standard InChI is InChI=1S/C8H18O2/c1-5-7(2)10-8(3,4)6-9/h7,9H,5-6H2,1-4H3. The Bertz CT molecular complexity index is 89.3. The highest BCUT2D eigenvalue weighted by Crippen LogP contribution is 2.12. The van der Waals surface area contributed by atoms with Crippen molar-refractivity contribution < 1.29 is 9.84 Å². The van der Waals surface area contributed by atoms with Crippen LogP contribution in [0.2, 0.25) is 0 Å². The first-order valence-corrected chi connectivity index (χ1v) is 3.80. The molecule has 0 fully saturated rings. The third-order valence-electron chi connectivity index (χ3n) is 1.48. The van der Waals surface area contributed by atoms with Gasteiger partial charge in [0.2, 0.25) is 0 Å². The van der Waals surface area contributed by atoms with Gasteiger partial charge in [-0.25, -0.2) is 0 Å². The highest BCUT2D eigenvalue weighted by Gasteiger charge is 2.18. The number of aliphatic hydroxyl groups excluding tert-OH is 1. The highest BCUT2D eigenvalue weighted by molar-refractivity contribution is 4.67. The molecule has 0 amide bonds. The van der Waals surface area contributed by atoms with Crippen LogP contribution in [-0.4, -0.2) is 23.4 Å². The van der Waals surface area contributed by atoms with E-state index in [9.17, 15) is 0 Å². The fourth-order valence-corrected chi connectivity index (χ4v) is 0.665. The fourth-order valence-electron chi connectivity index (χ4n) is 0.665. The molecule has 0 radical (unpaired) electrons. The predicted molar refractivity (Wildman–Crippen MR) is 42.0 cm³/mol. The summed E-state index contributed by atoms with van der Waals surface area (Å²) >= 11 is 0. The van der Waals surface area contributed by atoms with Gasteiger partial charge < -0.3 is 9.84 Å². The number of ether oxygens (including phenoxy) is 1. The molecular weight excluding hydrogens is 128 g/mol. The lowest BCUT2D eigenvalue weighted by molar-refractivity contribution is -0.0916. The molecule has 0 aromatic rings. The van der Waals surface area contributed by atoms with E-state index in [0.29, 0.717) is 0 Å². The Balaban J connectivity index is 3.64. The first kappa shape index (κ1) is 9.92. The lowest BCUT2D eigenvalue weighted by atomic mass is 10.1. The molecule has 0 aliphatic carbocycles. The smallest absolute Gasteiger partial charge is 0.0859 e. The first-order valence-electron chi connectivity index (χ1n) is 3.80. The van der Waals surface area contributed by atoms with E-state index in [1.165, 1.54) is 0 Å². The molecule has 0 aromatic heterocycles. The molecule has 0 saturated carbocycles. The molecule has 0 heterocycles. The Kier molecular flexibility index (Phi) is 3.91. The second kappa shape index (κ2) is 3.94. The van der Waals surface area contributed by atoms with E-state index >= 15 is 0 Å². The van der Waals surface area contributed by atoms with E-state index in [2.05, 4.69) is 6.92 Å².